The molecule has 1 fully saturated rings. The molecule has 0 radical (unpaired) electrons. The van der Waals surface area contributed by atoms with E-state index in [1.165, 1.54) is 19.3 Å². The van der Waals surface area contributed by atoms with Crippen molar-refractivity contribution in [3.63, 3.8) is 0 Å². The van der Waals surface area contributed by atoms with E-state index in [1.54, 1.807) is 7.11 Å². The summed E-state index contributed by atoms with van der Waals surface area (Å²) in [6.45, 7) is 2.59. The third kappa shape index (κ3) is 5.52. The highest BCUT2D eigenvalue weighted by atomic mass is 79.9. The predicted octanol–water partition coefficient (Wildman–Crippen LogP) is 7.74. The largest absolute Gasteiger partial charge is 0.497 e. The van der Waals surface area contributed by atoms with Crippen LogP contribution in [0.2, 0.25) is 0 Å². The molecule has 0 unspecified atom stereocenters. The average molecular weight is 563 g/mol. The molecule has 0 N–H and O–H groups in total. The Morgan fingerprint density at radius 1 is 1.00 bits per heavy atom. The Morgan fingerprint density at radius 2 is 1.76 bits per heavy atom. The number of fused-ring (bicyclic) bond motifs is 1. The number of ether oxygens (including phenoxy) is 3. The van der Waals surface area contributed by atoms with Crippen LogP contribution < -0.4 is 9.47 Å². The molecule has 7 heteroatoms. The molecule has 0 saturated heterocycles. The van der Waals surface area contributed by atoms with Crippen molar-refractivity contribution in [2.45, 2.75) is 51.7 Å². The number of esters is 1. The van der Waals surface area contributed by atoms with Crippen molar-refractivity contribution < 1.29 is 19.0 Å². The minimum atomic E-state index is -0.317. The van der Waals surface area contributed by atoms with Gasteiger partial charge in [0.05, 0.1) is 30.3 Å². The summed E-state index contributed by atoms with van der Waals surface area (Å²) in [4.78, 5) is 17.3. The number of carbonyl (C=O) groups excluding carboxylic acids is 1. The fourth-order valence-electron chi connectivity index (χ4n) is 5.00. The van der Waals surface area contributed by atoms with Crippen LogP contribution >= 0.6 is 15.9 Å². The molecule has 192 valence electrons. The number of hydrogen-bond acceptors (Lipinski definition) is 5. The van der Waals surface area contributed by atoms with Gasteiger partial charge in [-0.2, -0.15) is 0 Å². The van der Waals surface area contributed by atoms with Crippen molar-refractivity contribution in [2.24, 2.45) is 0 Å². The average Bonchev–Trinajstić information content (AvgIpc) is 3.32. The lowest BCUT2D eigenvalue weighted by Crippen LogP contribution is -2.14. The highest BCUT2D eigenvalue weighted by Crippen LogP contribution is 2.36. The van der Waals surface area contributed by atoms with E-state index < -0.39 is 0 Å². The lowest BCUT2D eigenvalue weighted by Gasteiger charge is -2.25. The Bertz CT molecular complexity index is 1390. The maximum atomic E-state index is 12.3. The van der Waals surface area contributed by atoms with Gasteiger partial charge < -0.3 is 18.8 Å². The normalized spacial score (nSPS) is 14.0. The summed E-state index contributed by atoms with van der Waals surface area (Å²) in [6, 6.07) is 20.0. The summed E-state index contributed by atoms with van der Waals surface area (Å²) in [5, 5.41) is 0. The van der Waals surface area contributed by atoms with Gasteiger partial charge in [-0.25, -0.2) is 9.78 Å². The van der Waals surface area contributed by atoms with Crippen LogP contribution in [0.3, 0.4) is 0 Å². The summed E-state index contributed by atoms with van der Waals surface area (Å²) in [7, 11) is 1.66. The van der Waals surface area contributed by atoms with Crippen LogP contribution in [0.5, 0.6) is 11.5 Å². The molecular weight excluding hydrogens is 532 g/mol. The standard InChI is InChI=1S/C30H31BrN2O4/c1-3-36-30(34)21-11-16-28-27(18-21)32-29(33(28)23-7-5-4-6-8-23)20-9-12-24(13-10-20)37-19-22-17-25(35-2)14-15-26(22)31/h9-18,23H,3-8,19H2,1-2H3. The Kier molecular flexibility index (Phi) is 7.79. The van der Waals surface area contributed by atoms with E-state index in [2.05, 4.69) is 32.6 Å². The number of nitrogens with zero attached hydrogens (tertiary/aromatic N) is 2. The van der Waals surface area contributed by atoms with Gasteiger partial charge in [0, 0.05) is 21.6 Å². The summed E-state index contributed by atoms with van der Waals surface area (Å²) in [5.41, 5.74) is 4.43. The monoisotopic (exact) mass is 562 g/mol. The van der Waals surface area contributed by atoms with Crippen LogP contribution in [-0.4, -0.2) is 29.2 Å². The van der Waals surface area contributed by atoms with Crippen LogP contribution in [0.1, 0.15) is 61.0 Å². The Morgan fingerprint density at radius 3 is 2.49 bits per heavy atom. The van der Waals surface area contributed by atoms with E-state index in [9.17, 15) is 4.79 Å². The van der Waals surface area contributed by atoms with Gasteiger partial charge in [0.2, 0.25) is 0 Å². The molecule has 3 aromatic carbocycles. The topological polar surface area (TPSA) is 62.6 Å². The second kappa shape index (κ2) is 11.4. The molecule has 0 bridgehead atoms. The number of aromatic nitrogens is 2. The number of halogens is 1. The van der Waals surface area contributed by atoms with Crippen LogP contribution in [0.25, 0.3) is 22.4 Å². The molecule has 0 amide bonds. The van der Waals surface area contributed by atoms with Gasteiger partial charge in [-0.05, 0) is 80.4 Å². The van der Waals surface area contributed by atoms with Crippen molar-refractivity contribution in [1.29, 1.82) is 0 Å². The zero-order valence-corrected chi connectivity index (χ0v) is 22.8. The van der Waals surface area contributed by atoms with Gasteiger partial charge >= 0.3 is 5.97 Å². The van der Waals surface area contributed by atoms with Crippen molar-refractivity contribution in [3.05, 3.63) is 76.3 Å². The first-order chi connectivity index (χ1) is 18.1. The zero-order chi connectivity index (χ0) is 25.8. The van der Waals surface area contributed by atoms with Crippen molar-refractivity contribution in [1.82, 2.24) is 9.55 Å². The van der Waals surface area contributed by atoms with Crippen LogP contribution in [0, 0.1) is 0 Å². The van der Waals surface area contributed by atoms with Gasteiger partial charge in [0.1, 0.15) is 23.9 Å². The van der Waals surface area contributed by atoms with Gasteiger partial charge in [-0.1, -0.05) is 35.2 Å². The molecule has 1 aliphatic carbocycles. The predicted molar refractivity (Wildman–Crippen MR) is 148 cm³/mol. The fourth-order valence-corrected chi connectivity index (χ4v) is 5.36. The van der Waals surface area contributed by atoms with Gasteiger partial charge in [-0.3, -0.25) is 0 Å². The van der Waals surface area contributed by atoms with E-state index in [0.717, 1.165) is 56.8 Å². The second-order valence-corrected chi connectivity index (χ2v) is 10.1. The van der Waals surface area contributed by atoms with Crippen molar-refractivity contribution >= 4 is 32.9 Å². The summed E-state index contributed by atoms with van der Waals surface area (Å²) < 4.78 is 20.0. The molecular formula is C30H31BrN2O4. The maximum absolute atomic E-state index is 12.3. The van der Waals surface area contributed by atoms with Crippen LogP contribution in [-0.2, 0) is 11.3 Å². The third-order valence-corrected chi connectivity index (χ3v) is 7.67. The van der Waals surface area contributed by atoms with E-state index in [1.807, 2.05) is 55.5 Å². The highest BCUT2D eigenvalue weighted by molar-refractivity contribution is 9.10. The van der Waals surface area contributed by atoms with E-state index in [0.29, 0.717) is 24.8 Å². The Labute approximate surface area is 225 Å². The lowest BCUT2D eigenvalue weighted by atomic mass is 9.95. The number of carbonyl (C=O) groups is 1. The number of methoxy groups -OCH3 is 1. The summed E-state index contributed by atoms with van der Waals surface area (Å²) in [5.74, 6) is 2.18. The van der Waals surface area contributed by atoms with Crippen LogP contribution in [0.4, 0.5) is 0 Å². The van der Waals surface area contributed by atoms with Crippen molar-refractivity contribution in [2.75, 3.05) is 13.7 Å². The molecule has 0 aliphatic heterocycles. The number of hydrogen-bond donors (Lipinski definition) is 0. The third-order valence-electron chi connectivity index (χ3n) is 6.90. The van der Waals surface area contributed by atoms with E-state index >= 15 is 0 Å². The lowest BCUT2D eigenvalue weighted by molar-refractivity contribution is 0.0526. The van der Waals surface area contributed by atoms with Gasteiger partial charge in [0.15, 0.2) is 0 Å². The first-order valence-electron chi connectivity index (χ1n) is 12.8. The highest BCUT2D eigenvalue weighted by Gasteiger charge is 2.23. The van der Waals surface area contributed by atoms with E-state index in [-0.39, 0.29) is 5.97 Å². The van der Waals surface area contributed by atoms with Gasteiger partial charge in [0.25, 0.3) is 0 Å². The second-order valence-electron chi connectivity index (χ2n) is 9.29. The Hall–Kier alpha value is -3.32. The number of imidazole rings is 1. The Balaban J connectivity index is 1.44. The SMILES string of the molecule is CCOC(=O)c1ccc2c(c1)nc(-c1ccc(OCc3cc(OC)ccc3Br)cc1)n2C1CCCCC1. The molecule has 1 saturated carbocycles. The number of benzene rings is 3. The minimum Gasteiger partial charge on any atom is -0.497 e. The molecule has 0 atom stereocenters. The molecule has 1 aliphatic rings. The molecule has 5 rings (SSSR count). The minimum absolute atomic E-state index is 0.317. The van der Waals surface area contributed by atoms with Gasteiger partial charge in [-0.15, -0.1) is 0 Å². The van der Waals surface area contributed by atoms with Crippen LogP contribution in [0.15, 0.2) is 65.1 Å². The smallest absolute Gasteiger partial charge is 0.338 e. The molecule has 0 spiro atoms. The fraction of sp³-hybridized carbons (Fsp3) is 0.333. The van der Waals surface area contributed by atoms with Crippen molar-refractivity contribution in [3.8, 4) is 22.9 Å². The quantitative estimate of drug-likeness (QED) is 0.205. The first-order valence-corrected chi connectivity index (χ1v) is 13.6. The molecule has 1 heterocycles. The summed E-state index contributed by atoms with van der Waals surface area (Å²) in [6.07, 6.45) is 5.99. The first kappa shape index (κ1) is 25.3. The van der Waals surface area contributed by atoms with E-state index in [4.69, 9.17) is 19.2 Å². The maximum Gasteiger partial charge on any atom is 0.338 e. The zero-order valence-electron chi connectivity index (χ0n) is 21.2. The molecule has 4 aromatic rings. The molecule has 37 heavy (non-hydrogen) atoms. The molecule has 6 nitrogen and oxygen atoms in total. The number of rotatable bonds is 8. The summed E-state index contributed by atoms with van der Waals surface area (Å²) >= 11 is 3.58. The molecule has 1 aromatic heterocycles.